The Morgan fingerprint density at radius 2 is 1.73 bits per heavy atom. The summed E-state index contributed by atoms with van der Waals surface area (Å²) >= 11 is 0. The van der Waals surface area contributed by atoms with Crippen LogP contribution in [0.3, 0.4) is 0 Å². The molecule has 1 atom stereocenters. The molecule has 5 heteroatoms. The molecule has 3 rings (SSSR count). The number of aliphatic hydroxyl groups excluding tert-OH is 1. The molecule has 1 aliphatic rings. The number of hydrogen-bond acceptors (Lipinski definition) is 4. The SMILES string of the molecule is OC(CN1CCN(Cc2ccco2)CC1)c1ccc(F)cc1. The highest BCUT2D eigenvalue weighted by Crippen LogP contribution is 2.16. The molecule has 2 heterocycles. The third-order valence-electron chi connectivity index (χ3n) is 4.11. The van der Waals surface area contributed by atoms with E-state index >= 15 is 0 Å². The van der Waals surface area contributed by atoms with Crippen molar-refractivity contribution in [3.63, 3.8) is 0 Å². The van der Waals surface area contributed by atoms with E-state index in [1.54, 1.807) is 18.4 Å². The van der Waals surface area contributed by atoms with E-state index in [4.69, 9.17) is 4.42 Å². The molecular formula is C17H21FN2O2. The van der Waals surface area contributed by atoms with Gasteiger partial charge in [-0.3, -0.25) is 9.80 Å². The molecule has 0 radical (unpaired) electrons. The van der Waals surface area contributed by atoms with Crippen molar-refractivity contribution in [3.8, 4) is 0 Å². The van der Waals surface area contributed by atoms with Crippen molar-refractivity contribution in [3.05, 3.63) is 59.8 Å². The van der Waals surface area contributed by atoms with Crippen LogP contribution in [0, 0.1) is 5.82 Å². The predicted octanol–water partition coefficient (Wildman–Crippen LogP) is 2.27. The van der Waals surface area contributed by atoms with Gasteiger partial charge in [0.05, 0.1) is 18.9 Å². The zero-order valence-electron chi connectivity index (χ0n) is 12.5. The minimum atomic E-state index is -0.572. The fourth-order valence-corrected chi connectivity index (χ4v) is 2.79. The first-order valence-corrected chi connectivity index (χ1v) is 7.61. The molecular weight excluding hydrogens is 283 g/mol. The Hall–Kier alpha value is -1.69. The van der Waals surface area contributed by atoms with Gasteiger partial charge in [-0.2, -0.15) is 0 Å². The van der Waals surface area contributed by atoms with Crippen LogP contribution in [0.4, 0.5) is 4.39 Å². The maximum atomic E-state index is 12.9. The summed E-state index contributed by atoms with van der Waals surface area (Å²) in [5.41, 5.74) is 0.763. The van der Waals surface area contributed by atoms with E-state index in [1.165, 1.54) is 12.1 Å². The highest BCUT2D eigenvalue weighted by Gasteiger charge is 2.20. The number of β-amino-alcohol motifs (C(OH)–C–C–N with tert-alkyl or cyclic N) is 1. The highest BCUT2D eigenvalue weighted by molar-refractivity contribution is 5.18. The van der Waals surface area contributed by atoms with Gasteiger partial charge in [0.25, 0.3) is 0 Å². The Labute approximate surface area is 129 Å². The Morgan fingerprint density at radius 1 is 1.05 bits per heavy atom. The maximum absolute atomic E-state index is 12.9. The zero-order valence-corrected chi connectivity index (χ0v) is 12.5. The lowest BCUT2D eigenvalue weighted by Gasteiger charge is -2.35. The maximum Gasteiger partial charge on any atom is 0.123 e. The van der Waals surface area contributed by atoms with Gasteiger partial charge in [0.15, 0.2) is 0 Å². The van der Waals surface area contributed by atoms with Gasteiger partial charge in [0.2, 0.25) is 0 Å². The zero-order chi connectivity index (χ0) is 15.4. The summed E-state index contributed by atoms with van der Waals surface area (Å²) in [4.78, 5) is 4.59. The summed E-state index contributed by atoms with van der Waals surface area (Å²) in [7, 11) is 0. The smallest absolute Gasteiger partial charge is 0.123 e. The van der Waals surface area contributed by atoms with Crippen LogP contribution < -0.4 is 0 Å². The summed E-state index contributed by atoms with van der Waals surface area (Å²) in [6.07, 6.45) is 1.13. The van der Waals surface area contributed by atoms with E-state index in [2.05, 4.69) is 9.80 Å². The normalized spacial score (nSPS) is 18.5. The van der Waals surface area contributed by atoms with Crippen molar-refractivity contribution in [1.29, 1.82) is 0 Å². The van der Waals surface area contributed by atoms with E-state index < -0.39 is 6.10 Å². The molecule has 1 aromatic carbocycles. The van der Waals surface area contributed by atoms with Crippen LogP contribution >= 0.6 is 0 Å². The summed E-state index contributed by atoms with van der Waals surface area (Å²) in [5.74, 6) is 0.710. The molecule has 2 aromatic rings. The second-order valence-corrected chi connectivity index (χ2v) is 5.72. The van der Waals surface area contributed by atoms with E-state index in [-0.39, 0.29) is 5.82 Å². The Bertz CT molecular complexity index is 563. The Kier molecular flexibility index (Phi) is 4.87. The lowest BCUT2D eigenvalue weighted by atomic mass is 10.1. The van der Waals surface area contributed by atoms with Crippen LogP contribution in [-0.2, 0) is 6.54 Å². The second-order valence-electron chi connectivity index (χ2n) is 5.72. The van der Waals surface area contributed by atoms with E-state index in [9.17, 15) is 9.50 Å². The van der Waals surface area contributed by atoms with Gasteiger partial charge in [-0.25, -0.2) is 4.39 Å². The first-order chi connectivity index (χ1) is 10.7. The summed E-state index contributed by atoms with van der Waals surface area (Å²) < 4.78 is 18.3. The van der Waals surface area contributed by atoms with E-state index in [1.807, 2.05) is 12.1 Å². The van der Waals surface area contributed by atoms with Crippen LogP contribution in [0.15, 0.2) is 47.1 Å². The Morgan fingerprint density at radius 3 is 2.36 bits per heavy atom. The number of hydrogen-bond donors (Lipinski definition) is 1. The average Bonchev–Trinajstić information content (AvgIpc) is 3.03. The fourth-order valence-electron chi connectivity index (χ4n) is 2.79. The van der Waals surface area contributed by atoms with Crippen LogP contribution in [0.2, 0.25) is 0 Å². The molecule has 4 nitrogen and oxygen atoms in total. The van der Waals surface area contributed by atoms with Crippen molar-refractivity contribution in [1.82, 2.24) is 9.80 Å². The molecule has 1 fully saturated rings. The summed E-state index contributed by atoms with van der Waals surface area (Å²) in [6.45, 7) is 5.16. The number of nitrogens with zero attached hydrogens (tertiary/aromatic N) is 2. The van der Waals surface area contributed by atoms with Gasteiger partial charge in [-0.15, -0.1) is 0 Å². The molecule has 0 spiro atoms. The average molecular weight is 304 g/mol. The topological polar surface area (TPSA) is 39.9 Å². The van der Waals surface area contributed by atoms with Crippen molar-refractivity contribution in [2.45, 2.75) is 12.6 Å². The first-order valence-electron chi connectivity index (χ1n) is 7.61. The molecule has 0 amide bonds. The number of benzene rings is 1. The second kappa shape index (κ2) is 7.05. The summed E-state index contributed by atoms with van der Waals surface area (Å²) in [6, 6.07) is 9.97. The monoisotopic (exact) mass is 304 g/mol. The van der Waals surface area contributed by atoms with Crippen molar-refractivity contribution >= 4 is 0 Å². The largest absolute Gasteiger partial charge is 0.468 e. The quantitative estimate of drug-likeness (QED) is 0.920. The van der Waals surface area contributed by atoms with Gasteiger partial charge in [0.1, 0.15) is 11.6 Å². The number of aliphatic hydroxyl groups is 1. The van der Waals surface area contributed by atoms with Gasteiger partial charge >= 0.3 is 0 Å². The number of piperazine rings is 1. The fraction of sp³-hybridized carbons (Fsp3) is 0.412. The molecule has 1 unspecified atom stereocenters. The van der Waals surface area contributed by atoms with Crippen LogP contribution in [0.5, 0.6) is 0 Å². The van der Waals surface area contributed by atoms with E-state index in [0.29, 0.717) is 6.54 Å². The molecule has 22 heavy (non-hydrogen) atoms. The lowest BCUT2D eigenvalue weighted by Crippen LogP contribution is -2.47. The third-order valence-corrected chi connectivity index (χ3v) is 4.11. The van der Waals surface area contributed by atoms with Crippen molar-refractivity contribution in [2.24, 2.45) is 0 Å². The molecule has 0 bridgehead atoms. The van der Waals surface area contributed by atoms with Crippen LogP contribution in [0.25, 0.3) is 0 Å². The van der Waals surface area contributed by atoms with Gasteiger partial charge in [-0.1, -0.05) is 12.1 Å². The molecule has 0 aliphatic carbocycles. The number of halogens is 1. The molecule has 1 aromatic heterocycles. The van der Waals surface area contributed by atoms with Crippen molar-refractivity contribution < 1.29 is 13.9 Å². The number of furan rings is 1. The third kappa shape index (κ3) is 3.94. The standard InChI is InChI=1S/C17H21FN2O2/c18-15-5-3-14(4-6-15)17(21)13-20-9-7-19(8-10-20)12-16-2-1-11-22-16/h1-6,11,17,21H,7-10,12-13H2. The first kappa shape index (κ1) is 15.2. The Balaban J connectivity index is 1.46. The van der Waals surface area contributed by atoms with Crippen LogP contribution in [-0.4, -0.2) is 47.6 Å². The van der Waals surface area contributed by atoms with Gasteiger partial charge in [-0.05, 0) is 29.8 Å². The number of rotatable bonds is 5. The predicted molar refractivity (Wildman–Crippen MR) is 81.8 cm³/mol. The van der Waals surface area contributed by atoms with Crippen LogP contribution in [0.1, 0.15) is 17.4 Å². The van der Waals surface area contributed by atoms with Gasteiger partial charge < -0.3 is 9.52 Å². The molecule has 0 saturated carbocycles. The highest BCUT2D eigenvalue weighted by atomic mass is 19.1. The lowest BCUT2D eigenvalue weighted by molar-refractivity contribution is 0.0677. The summed E-state index contributed by atoms with van der Waals surface area (Å²) in [5, 5.41) is 10.2. The minimum absolute atomic E-state index is 0.275. The minimum Gasteiger partial charge on any atom is -0.468 e. The van der Waals surface area contributed by atoms with Gasteiger partial charge in [0, 0.05) is 32.7 Å². The molecule has 1 saturated heterocycles. The van der Waals surface area contributed by atoms with E-state index in [0.717, 1.165) is 44.0 Å². The molecule has 1 aliphatic heterocycles. The molecule has 1 N–H and O–H groups in total. The van der Waals surface area contributed by atoms with Crippen molar-refractivity contribution in [2.75, 3.05) is 32.7 Å². The molecule has 118 valence electrons.